The molecule has 4 heteroatoms. The molecule has 0 saturated heterocycles. The van der Waals surface area contributed by atoms with Crippen molar-refractivity contribution in [2.24, 2.45) is 0 Å². The molecule has 0 heterocycles. The highest BCUT2D eigenvalue weighted by molar-refractivity contribution is 5.76. The van der Waals surface area contributed by atoms with Gasteiger partial charge in [0, 0.05) is 19.0 Å². The maximum Gasteiger partial charge on any atom is 0.220 e. The number of nitrogens with one attached hydrogen (secondary N) is 2. The molecule has 0 fully saturated rings. The van der Waals surface area contributed by atoms with Crippen LogP contribution in [0.5, 0.6) is 5.75 Å². The molecule has 2 N–H and O–H groups in total. The zero-order valence-corrected chi connectivity index (χ0v) is 11.3. The van der Waals surface area contributed by atoms with E-state index in [1.807, 2.05) is 38.2 Å². The fourth-order valence-electron chi connectivity index (χ4n) is 1.54. The molecule has 18 heavy (non-hydrogen) atoms. The minimum Gasteiger partial charge on any atom is -0.497 e. The third kappa shape index (κ3) is 5.19. The predicted molar refractivity (Wildman–Crippen MR) is 72.8 cm³/mol. The zero-order chi connectivity index (χ0) is 13.4. The standard InChI is InChI=1S/C14H22N2O2/c1-11(15-2)10-16-14(17)8-7-12-5-4-6-13(9-12)18-3/h4-6,9,11,15H,7-8,10H2,1-3H3,(H,16,17). The lowest BCUT2D eigenvalue weighted by atomic mass is 10.1. The van der Waals surface area contributed by atoms with E-state index in [0.29, 0.717) is 19.0 Å². The molecule has 0 aliphatic heterocycles. The molecule has 0 saturated carbocycles. The van der Waals surface area contributed by atoms with Gasteiger partial charge in [-0.3, -0.25) is 4.79 Å². The van der Waals surface area contributed by atoms with E-state index in [4.69, 9.17) is 4.74 Å². The summed E-state index contributed by atoms with van der Waals surface area (Å²) >= 11 is 0. The lowest BCUT2D eigenvalue weighted by Gasteiger charge is -2.11. The summed E-state index contributed by atoms with van der Waals surface area (Å²) in [4.78, 5) is 11.6. The number of hydrogen-bond acceptors (Lipinski definition) is 3. The Hall–Kier alpha value is -1.55. The van der Waals surface area contributed by atoms with E-state index in [1.54, 1.807) is 7.11 Å². The average molecular weight is 250 g/mol. The van der Waals surface area contributed by atoms with E-state index in [0.717, 1.165) is 17.7 Å². The second-order valence-corrected chi connectivity index (χ2v) is 4.35. The summed E-state index contributed by atoms with van der Waals surface area (Å²) in [6.07, 6.45) is 1.24. The molecule has 0 aromatic heterocycles. The maximum atomic E-state index is 11.6. The summed E-state index contributed by atoms with van der Waals surface area (Å²) in [5.74, 6) is 0.914. The number of carbonyl (C=O) groups is 1. The maximum absolute atomic E-state index is 11.6. The molecule has 4 nitrogen and oxygen atoms in total. The van der Waals surface area contributed by atoms with Gasteiger partial charge in [0.05, 0.1) is 7.11 Å². The second-order valence-electron chi connectivity index (χ2n) is 4.35. The first kappa shape index (κ1) is 14.5. The molecule has 0 aliphatic carbocycles. The molecule has 1 atom stereocenters. The molecule has 1 unspecified atom stereocenters. The first-order chi connectivity index (χ1) is 8.65. The molecule has 100 valence electrons. The monoisotopic (exact) mass is 250 g/mol. The molecule has 0 radical (unpaired) electrons. The highest BCUT2D eigenvalue weighted by Crippen LogP contribution is 2.13. The Kier molecular flexibility index (Phi) is 6.22. The predicted octanol–water partition coefficient (Wildman–Crippen LogP) is 1.35. The molecule has 1 rings (SSSR count). The van der Waals surface area contributed by atoms with E-state index in [2.05, 4.69) is 10.6 Å². The van der Waals surface area contributed by atoms with E-state index < -0.39 is 0 Å². The van der Waals surface area contributed by atoms with Gasteiger partial charge in [0.1, 0.15) is 5.75 Å². The van der Waals surface area contributed by atoms with Crippen LogP contribution in [-0.2, 0) is 11.2 Å². The number of hydrogen-bond donors (Lipinski definition) is 2. The smallest absolute Gasteiger partial charge is 0.220 e. The first-order valence-corrected chi connectivity index (χ1v) is 6.22. The van der Waals surface area contributed by atoms with Gasteiger partial charge in [0.15, 0.2) is 0 Å². The Balaban J connectivity index is 2.33. The number of benzene rings is 1. The summed E-state index contributed by atoms with van der Waals surface area (Å²) in [6, 6.07) is 8.11. The highest BCUT2D eigenvalue weighted by Gasteiger charge is 2.04. The van der Waals surface area contributed by atoms with Crippen LogP contribution in [0.1, 0.15) is 18.9 Å². The van der Waals surface area contributed by atoms with Crippen molar-refractivity contribution in [2.45, 2.75) is 25.8 Å². The third-order valence-electron chi connectivity index (χ3n) is 2.87. The van der Waals surface area contributed by atoms with Gasteiger partial charge >= 0.3 is 0 Å². The first-order valence-electron chi connectivity index (χ1n) is 6.22. The van der Waals surface area contributed by atoms with E-state index in [1.165, 1.54) is 0 Å². The van der Waals surface area contributed by atoms with Gasteiger partial charge in [-0.15, -0.1) is 0 Å². The van der Waals surface area contributed by atoms with Gasteiger partial charge in [-0.2, -0.15) is 0 Å². The van der Waals surface area contributed by atoms with Crippen LogP contribution in [0.3, 0.4) is 0 Å². The minimum atomic E-state index is 0.0833. The lowest BCUT2D eigenvalue weighted by molar-refractivity contribution is -0.121. The van der Waals surface area contributed by atoms with Gasteiger partial charge < -0.3 is 15.4 Å². The summed E-state index contributed by atoms with van der Waals surface area (Å²) in [5.41, 5.74) is 1.12. The highest BCUT2D eigenvalue weighted by atomic mass is 16.5. The van der Waals surface area contributed by atoms with E-state index in [-0.39, 0.29) is 5.91 Å². The van der Waals surface area contributed by atoms with Crippen molar-refractivity contribution >= 4 is 5.91 Å². The van der Waals surface area contributed by atoms with Crippen molar-refractivity contribution in [1.82, 2.24) is 10.6 Å². The Bertz CT molecular complexity index is 380. The quantitative estimate of drug-likeness (QED) is 0.768. The number of carbonyl (C=O) groups excluding carboxylic acids is 1. The third-order valence-corrected chi connectivity index (χ3v) is 2.87. The normalized spacial score (nSPS) is 11.9. The fourth-order valence-corrected chi connectivity index (χ4v) is 1.54. The summed E-state index contributed by atoms with van der Waals surface area (Å²) in [5, 5.41) is 5.98. The fraction of sp³-hybridized carbons (Fsp3) is 0.500. The zero-order valence-electron chi connectivity index (χ0n) is 11.3. The van der Waals surface area contributed by atoms with Crippen molar-refractivity contribution in [1.29, 1.82) is 0 Å². The molecule has 1 aromatic carbocycles. The number of ether oxygens (including phenoxy) is 1. The van der Waals surface area contributed by atoms with Crippen LogP contribution < -0.4 is 15.4 Å². The molecule has 0 spiro atoms. The van der Waals surface area contributed by atoms with Gasteiger partial charge in [-0.25, -0.2) is 0 Å². The van der Waals surface area contributed by atoms with Crippen LogP contribution in [0.4, 0.5) is 0 Å². The van der Waals surface area contributed by atoms with Gasteiger partial charge in [-0.05, 0) is 38.1 Å². The minimum absolute atomic E-state index is 0.0833. The second kappa shape index (κ2) is 7.71. The molecule has 1 aromatic rings. The molecule has 1 amide bonds. The summed E-state index contributed by atoms with van der Waals surface area (Å²) in [6.45, 7) is 2.69. The molecular formula is C14H22N2O2. The largest absolute Gasteiger partial charge is 0.497 e. The Morgan fingerprint density at radius 2 is 2.22 bits per heavy atom. The summed E-state index contributed by atoms with van der Waals surface area (Å²) < 4.78 is 5.15. The Morgan fingerprint density at radius 3 is 2.89 bits per heavy atom. The van der Waals surface area contributed by atoms with Crippen molar-refractivity contribution in [3.8, 4) is 5.75 Å². The average Bonchev–Trinajstić information content (AvgIpc) is 2.42. The number of likely N-dealkylation sites (N-methyl/N-ethyl adjacent to an activating group) is 1. The number of methoxy groups -OCH3 is 1. The van der Waals surface area contributed by atoms with Crippen LogP contribution in [-0.4, -0.2) is 32.7 Å². The Labute approximate surface area is 109 Å². The summed E-state index contributed by atoms with van der Waals surface area (Å²) in [7, 11) is 3.53. The molecular weight excluding hydrogens is 228 g/mol. The van der Waals surface area contributed by atoms with Crippen LogP contribution in [0.2, 0.25) is 0 Å². The van der Waals surface area contributed by atoms with Gasteiger partial charge in [0.2, 0.25) is 5.91 Å². The van der Waals surface area contributed by atoms with Gasteiger partial charge in [-0.1, -0.05) is 12.1 Å². The van der Waals surface area contributed by atoms with E-state index >= 15 is 0 Å². The molecule has 0 bridgehead atoms. The lowest BCUT2D eigenvalue weighted by Crippen LogP contribution is -2.37. The van der Waals surface area contributed by atoms with Crippen LogP contribution >= 0.6 is 0 Å². The van der Waals surface area contributed by atoms with Crippen LogP contribution in [0, 0.1) is 0 Å². The van der Waals surface area contributed by atoms with Crippen molar-refractivity contribution in [2.75, 3.05) is 20.7 Å². The van der Waals surface area contributed by atoms with Crippen molar-refractivity contribution < 1.29 is 9.53 Å². The number of amides is 1. The van der Waals surface area contributed by atoms with E-state index in [9.17, 15) is 4.79 Å². The Morgan fingerprint density at radius 1 is 1.44 bits per heavy atom. The molecule has 0 aliphatic rings. The van der Waals surface area contributed by atoms with Crippen molar-refractivity contribution in [3.05, 3.63) is 29.8 Å². The number of aryl methyl sites for hydroxylation is 1. The van der Waals surface area contributed by atoms with Crippen LogP contribution in [0.15, 0.2) is 24.3 Å². The van der Waals surface area contributed by atoms with Crippen LogP contribution in [0.25, 0.3) is 0 Å². The van der Waals surface area contributed by atoms with Gasteiger partial charge in [0.25, 0.3) is 0 Å². The SMILES string of the molecule is CNC(C)CNC(=O)CCc1cccc(OC)c1. The van der Waals surface area contributed by atoms with Crippen molar-refractivity contribution in [3.63, 3.8) is 0 Å². The topological polar surface area (TPSA) is 50.4 Å². The number of rotatable bonds is 7.